The van der Waals surface area contributed by atoms with Gasteiger partial charge in [0.2, 0.25) is 23.6 Å². The molecule has 2 aromatic heterocycles. The number of amides is 4. The van der Waals surface area contributed by atoms with Gasteiger partial charge in [-0.15, -0.1) is 22.7 Å². The average Bonchev–Trinajstić information content (AvgIpc) is 1.40. The van der Waals surface area contributed by atoms with Gasteiger partial charge in [0.05, 0.1) is 55.7 Å². The van der Waals surface area contributed by atoms with Gasteiger partial charge in [0, 0.05) is 92.3 Å². The van der Waals surface area contributed by atoms with Crippen molar-refractivity contribution in [1.29, 1.82) is 0 Å². The lowest BCUT2D eigenvalue weighted by Gasteiger charge is -2.34. The normalized spacial score (nSPS) is 16.9. The van der Waals surface area contributed by atoms with Crippen LogP contribution in [0.15, 0.2) is 89.9 Å². The third kappa shape index (κ3) is 21.6. The van der Waals surface area contributed by atoms with Crippen molar-refractivity contribution in [2.24, 2.45) is 28.4 Å². The highest BCUT2D eigenvalue weighted by molar-refractivity contribution is 14.1. The Balaban J connectivity index is 0.000000307. The Kier molecular flexibility index (Phi) is 28.4. The molecular weight excluding hydrogens is 1390 g/mol. The Labute approximate surface area is 581 Å². The highest BCUT2D eigenvalue weighted by atomic mass is 127. The number of carbonyl (C=O) groups is 7. The molecule has 2 aliphatic heterocycles. The number of aryl methyl sites for hydroxylation is 2. The fourth-order valence-corrected chi connectivity index (χ4v) is 13.6. The molecule has 19 nitrogen and oxygen atoms in total. The molecule has 0 unspecified atom stereocenters. The third-order valence-corrected chi connectivity index (χ3v) is 19.7. The molecule has 0 bridgehead atoms. The molecular formula is C71H89F3IN9O10S2. The molecule has 4 heterocycles. The molecule has 2 saturated heterocycles. The molecule has 0 saturated carbocycles. The van der Waals surface area contributed by atoms with Crippen molar-refractivity contribution in [2.45, 2.75) is 151 Å². The lowest BCUT2D eigenvalue weighted by molar-refractivity contribution is -0.146. The van der Waals surface area contributed by atoms with Gasteiger partial charge in [-0.2, -0.15) is 0 Å². The van der Waals surface area contributed by atoms with Crippen LogP contribution in [0.25, 0.3) is 20.9 Å². The summed E-state index contributed by atoms with van der Waals surface area (Å²) in [7, 11) is 0. The fourth-order valence-electron chi connectivity index (χ4n) is 11.5. The minimum absolute atomic E-state index is 0.00552. The number of ketones is 3. The zero-order valence-corrected chi connectivity index (χ0v) is 59.5. The second-order valence-corrected chi connectivity index (χ2v) is 29.5. The molecule has 2 fully saturated rings. The summed E-state index contributed by atoms with van der Waals surface area (Å²) < 4.78 is 49.3. The van der Waals surface area contributed by atoms with Gasteiger partial charge < -0.3 is 51.8 Å². The van der Waals surface area contributed by atoms with Gasteiger partial charge in [-0.1, -0.05) is 90.1 Å². The Morgan fingerprint density at radius 3 is 1.59 bits per heavy atom. The number of nitrogens with two attached hydrogens (primary N) is 1. The number of nitrogens with one attached hydrogen (secondary N) is 4. The van der Waals surface area contributed by atoms with Crippen molar-refractivity contribution in [3.05, 3.63) is 139 Å². The molecule has 4 aromatic carbocycles. The maximum absolute atomic E-state index is 14.7. The summed E-state index contributed by atoms with van der Waals surface area (Å²) in [6.07, 6.45) is 0.978. The third-order valence-electron chi connectivity index (χ3n) is 17.1. The molecule has 25 heteroatoms. The van der Waals surface area contributed by atoms with Crippen molar-refractivity contribution >= 4 is 97.6 Å². The predicted molar refractivity (Wildman–Crippen MR) is 375 cm³/mol. The van der Waals surface area contributed by atoms with Gasteiger partial charge in [-0.3, -0.25) is 33.6 Å². The van der Waals surface area contributed by atoms with Crippen LogP contribution in [-0.2, 0) is 46.6 Å². The molecule has 6 aromatic rings. The Bertz CT molecular complexity index is 3650. The number of likely N-dealkylation sites (tertiary alicyclic amines) is 2. The standard InChI is InChI=1S/C44H51F3IN5O6S.C27H38N4O4S/c1-26-41(60-25-51-26)28-10-8-27(9-11-28)22-50-42(57)37-21-31(55)23-53(37)43(58)33(44(2,3)4)20-30(54)7-5-16-49-17-6-18-59-24-38(56)32-13-14-34(45)39(47)40(32)52-36-15-12-29(48)19-35(36)46;1-17-24(36-16-30-17)19-9-7-18(8-10-19)14-29-25(34)23-13-21(33)15-31(23)26(35)22(27(2,3)4)12-20(32)6-5-11-28/h8-15,19,25,31,33,37,49,52,55H,5-7,16-18,20-24H2,1-4H3,(H,50,57);7-10,16,21-23,33H,5-6,11-15,28H2,1-4H3,(H,29,34)/t31-,33-,37+;21-,22-,23+/m11/s1. The van der Waals surface area contributed by atoms with Gasteiger partial charge in [0.1, 0.15) is 36.1 Å². The molecule has 0 aliphatic carbocycles. The van der Waals surface area contributed by atoms with E-state index in [1.54, 1.807) is 34.3 Å². The van der Waals surface area contributed by atoms with Gasteiger partial charge >= 0.3 is 0 Å². The maximum Gasteiger partial charge on any atom is 0.243 e. The number of β-amino-alcohol motifs (C(OH)–C–C–N with tert-alkyl or cyclic N) is 2. The first kappa shape index (κ1) is 76.5. The largest absolute Gasteiger partial charge is 0.391 e. The van der Waals surface area contributed by atoms with Gasteiger partial charge in [0.15, 0.2) is 17.4 Å². The van der Waals surface area contributed by atoms with E-state index in [4.69, 9.17) is 10.5 Å². The second-order valence-electron chi connectivity index (χ2n) is 26.6. The van der Waals surface area contributed by atoms with Crippen molar-refractivity contribution in [3.8, 4) is 20.9 Å². The Morgan fingerprint density at radius 1 is 0.667 bits per heavy atom. The number of carbonyl (C=O) groups excluding carboxylic acids is 7. The number of aliphatic hydroxyl groups excluding tert-OH is 2. The molecule has 2 aliphatic rings. The number of nitrogens with zero attached hydrogens (tertiary/aromatic N) is 4. The minimum Gasteiger partial charge on any atom is -0.391 e. The Hall–Kier alpha value is -6.85. The van der Waals surface area contributed by atoms with Crippen molar-refractivity contribution in [3.63, 3.8) is 0 Å². The first-order chi connectivity index (χ1) is 45.5. The van der Waals surface area contributed by atoms with Crippen molar-refractivity contribution < 1.29 is 61.7 Å². The summed E-state index contributed by atoms with van der Waals surface area (Å²) >= 11 is 5.07. The quantitative estimate of drug-likeness (QED) is 0.0125. The van der Waals surface area contributed by atoms with Crippen LogP contribution in [0.2, 0.25) is 0 Å². The zero-order valence-electron chi connectivity index (χ0n) is 55.7. The van der Waals surface area contributed by atoms with Crippen LogP contribution in [0.3, 0.4) is 0 Å². The molecule has 96 heavy (non-hydrogen) atoms. The maximum atomic E-state index is 14.7. The van der Waals surface area contributed by atoms with E-state index in [2.05, 4.69) is 31.2 Å². The molecule has 0 spiro atoms. The topological polar surface area (TPSA) is 276 Å². The van der Waals surface area contributed by atoms with Crippen LogP contribution >= 0.6 is 45.3 Å². The van der Waals surface area contributed by atoms with Gasteiger partial charge in [0.25, 0.3) is 0 Å². The van der Waals surface area contributed by atoms with Crippen molar-refractivity contribution in [2.75, 3.05) is 51.3 Å². The number of thiazole rings is 2. The molecule has 4 amide bonds. The number of anilines is 2. The van der Waals surface area contributed by atoms with Crippen LogP contribution in [0.5, 0.6) is 0 Å². The summed E-state index contributed by atoms with van der Waals surface area (Å²) in [5.74, 6) is -6.40. The summed E-state index contributed by atoms with van der Waals surface area (Å²) in [6, 6.07) is 20.3. The van der Waals surface area contributed by atoms with E-state index in [1.807, 2.05) is 132 Å². The second kappa shape index (κ2) is 35.6. The van der Waals surface area contributed by atoms with E-state index in [0.717, 1.165) is 55.5 Å². The monoisotopic (exact) mass is 1480 g/mol. The number of Topliss-reactive ketones (excluding diaryl/α,β-unsaturated/α-hetero) is 3. The molecule has 8 N–H and O–H groups in total. The van der Waals surface area contributed by atoms with Crippen molar-refractivity contribution in [1.82, 2.24) is 35.7 Å². The summed E-state index contributed by atoms with van der Waals surface area (Å²) in [5, 5.41) is 32.4. The number of benzene rings is 4. The van der Waals surface area contributed by atoms with E-state index in [0.29, 0.717) is 55.4 Å². The van der Waals surface area contributed by atoms with Crippen LogP contribution in [0.1, 0.15) is 132 Å². The van der Waals surface area contributed by atoms with E-state index >= 15 is 0 Å². The zero-order chi connectivity index (χ0) is 70.0. The molecule has 8 rings (SSSR count). The number of hydrogen-bond donors (Lipinski definition) is 7. The Morgan fingerprint density at radius 2 is 1.15 bits per heavy atom. The number of hydrogen-bond acceptors (Lipinski definition) is 17. The SMILES string of the molecule is Cc1ncsc1-c1ccc(CNC(=O)[C@@H]2C[C@@H](O)CN2C(=O)[C@@H](CC(=O)CCCN)C(C)(C)C)cc1.Cc1ncsc1-c1ccc(CNC(=O)[C@@H]2C[C@@H](O)CN2C(=O)[C@@H](CC(=O)CCCNCCCOCC(=O)c2ccc(F)c(F)c2Nc2ccc(I)cc2F)C(C)(C)C)cc1. The average molecular weight is 1480 g/mol. The highest BCUT2D eigenvalue weighted by Crippen LogP contribution is 2.37. The molecule has 6 atom stereocenters. The van der Waals surface area contributed by atoms with E-state index in [9.17, 15) is 56.9 Å². The van der Waals surface area contributed by atoms with E-state index in [-0.39, 0.29) is 105 Å². The van der Waals surface area contributed by atoms with E-state index < -0.39 is 82.5 Å². The smallest absolute Gasteiger partial charge is 0.243 e. The van der Waals surface area contributed by atoms with Crippen LogP contribution in [-0.4, -0.2) is 141 Å². The van der Waals surface area contributed by atoms with Crippen LogP contribution in [0, 0.1) is 57.5 Å². The number of rotatable bonds is 30. The van der Waals surface area contributed by atoms with Crippen LogP contribution < -0.4 is 27.0 Å². The van der Waals surface area contributed by atoms with Gasteiger partial charge in [-0.25, -0.2) is 23.1 Å². The first-order valence-corrected chi connectivity index (χ1v) is 35.1. The summed E-state index contributed by atoms with van der Waals surface area (Å²) in [4.78, 5) is 106. The van der Waals surface area contributed by atoms with Crippen LogP contribution in [0.4, 0.5) is 24.5 Å². The molecule has 0 radical (unpaired) electrons. The first-order valence-electron chi connectivity index (χ1n) is 32.3. The molecule has 518 valence electrons. The summed E-state index contributed by atoms with van der Waals surface area (Å²) in [6.45, 7) is 17.3. The lowest BCUT2D eigenvalue weighted by Crippen LogP contribution is -2.50. The minimum atomic E-state index is -1.31. The number of ether oxygens (including phenoxy) is 1. The lowest BCUT2D eigenvalue weighted by atomic mass is 9.76. The fraction of sp³-hybridized carbons (Fsp3) is 0.479. The van der Waals surface area contributed by atoms with E-state index in [1.165, 1.54) is 21.9 Å². The van der Waals surface area contributed by atoms with Gasteiger partial charge in [-0.05, 0) is 139 Å². The predicted octanol–water partition coefficient (Wildman–Crippen LogP) is 10.8. The highest BCUT2D eigenvalue weighted by Gasteiger charge is 2.46. The summed E-state index contributed by atoms with van der Waals surface area (Å²) in [5.41, 5.74) is 13.2. The number of halogens is 4. The number of aromatic nitrogens is 2. The number of aliphatic hydroxyl groups is 2.